The molecule has 0 fully saturated rings. The molecule has 0 saturated heterocycles. The van der Waals surface area contributed by atoms with E-state index in [1.807, 2.05) is 12.1 Å². The van der Waals surface area contributed by atoms with Crippen LogP contribution < -0.4 is 15.4 Å². The van der Waals surface area contributed by atoms with Crippen LogP contribution in [0.4, 0.5) is 11.4 Å². The summed E-state index contributed by atoms with van der Waals surface area (Å²) in [5, 5.41) is 5.53. The highest BCUT2D eigenvalue weighted by Gasteiger charge is 2.09. The summed E-state index contributed by atoms with van der Waals surface area (Å²) >= 11 is 0. The van der Waals surface area contributed by atoms with Crippen LogP contribution in [0.3, 0.4) is 0 Å². The Bertz CT molecular complexity index is 666. The van der Waals surface area contributed by atoms with Crippen LogP contribution in [0.25, 0.3) is 0 Å². The van der Waals surface area contributed by atoms with Crippen molar-refractivity contribution in [1.82, 2.24) is 0 Å². The van der Waals surface area contributed by atoms with Crippen LogP contribution in [0, 0.1) is 0 Å². The number of rotatable bonds is 5. The van der Waals surface area contributed by atoms with Crippen LogP contribution in [0.2, 0.25) is 0 Å². The second kappa shape index (κ2) is 7.26. The summed E-state index contributed by atoms with van der Waals surface area (Å²) in [6.07, 6.45) is 0.413. The molecule has 0 bridgehead atoms. The molecule has 2 amide bonds. The lowest BCUT2D eigenvalue weighted by Crippen LogP contribution is -2.13. The molecule has 0 aliphatic rings. The van der Waals surface area contributed by atoms with Gasteiger partial charge in [-0.05, 0) is 36.4 Å². The van der Waals surface area contributed by atoms with Crippen molar-refractivity contribution in [3.05, 3.63) is 54.1 Å². The molecule has 2 aromatic rings. The molecule has 0 aromatic heterocycles. The fourth-order valence-corrected chi connectivity index (χ4v) is 1.90. The van der Waals surface area contributed by atoms with Gasteiger partial charge in [-0.1, -0.05) is 19.1 Å². The molecule has 0 saturated carbocycles. The first-order valence-corrected chi connectivity index (χ1v) is 6.98. The standard InChI is InChI=1S/C17H18N2O3/c1-3-16(20)18-13-10-8-12(9-11-13)17(21)19-14-6-4-5-7-15(14)22-2/h4-11H,3H2,1-2H3,(H,18,20)(H,19,21). The molecule has 0 atom stereocenters. The minimum Gasteiger partial charge on any atom is -0.495 e. The van der Waals surface area contributed by atoms with Crippen LogP contribution in [-0.4, -0.2) is 18.9 Å². The van der Waals surface area contributed by atoms with Gasteiger partial charge in [-0.15, -0.1) is 0 Å². The Kier molecular flexibility index (Phi) is 5.14. The number of ether oxygens (including phenoxy) is 1. The van der Waals surface area contributed by atoms with Crippen molar-refractivity contribution in [1.29, 1.82) is 0 Å². The van der Waals surface area contributed by atoms with Crippen LogP contribution in [0.15, 0.2) is 48.5 Å². The van der Waals surface area contributed by atoms with Gasteiger partial charge in [-0.25, -0.2) is 0 Å². The second-order valence-electron chi connectivity index (χ2n) is 4.63. The van der Waals surface area contributed by atoms with Gasteiger partial charge in [0.15, 0.2) is 0 Å². The summed E-state index contributed by atoms with van der Waals surface area (Å²) in [5.74, 6) is 0.298. The lowest BCUT2D eigenvalue weighted by Gasteiger charge is -2.10. The van der Waals surface area contributed by atoms with E-state index in [9.17, 15) is 9.59 Å². The molecular formula is C17H18N2O3. The zero-order valence-electron chi connectivity index (χ0n) is 12.6. The molecule has 22 heavy (non-hydrogen) atoms. The molecular weight excluding hydrogens is 280 g/mol. The minimum absolute atomic E-state index is 0.0637. The Morgan fingerprint density at radius 2 is 1.68 bits per heavy atom. The number of nitrogens with one attached hydrogen (secondary N) is 2. The van der Waals surface area contributed by atoms with E-state index >= 15 is 0 Å². The summed E-state index contributed by atoms with van der Waals surface area (Å²) < 4.78 is 5.20. The largest absolute Gasteiger partial charge is 0.495 e. The zero-order chi connectivity index (χ0) is 15.9. The quantitative estimate of drug-likeness (QED) is 0.890. The third-order valence-corrected chi connectivity index (χ3v) is 3.11. The van der Waals surface area contributed by atoms with E-state index in [0.717, 1.165) is 0 Å². The molecule has 0 heterocycles. The van der Waals surface area contributed by atoms with E-state index in [-0.39, 0.29) is 11.8 Å². The third-order valence-electron chi connectivity index (χ3n) is 3.11. The highest BCUT2D eigenvalue weighted by Crippen LogP contribution is 2.23. The van der Waals surface area contributed by atoms with E-state index in [0.29, 0.717) is 29.1 Å². The molecule has 0 spiro atoms. The number of anilines is 2. The van der Waals surface area contributed by atoms with Gasteiger partial charge in [0.1, 0.15) is 5.75 Å². The predicted molar refractivity (Wildman–Crippen MR) is 86.3 cm³/mol. The molecule has 2 rings (SSSR count). The number of benzene rings is 2. The molecule has 0 aliphatic heterocycles. The Hall–Kier alpha value is -2.82. The topological polar surface area (TPSA) is 67.4 Å². The fourth-order valence-electron chi connectivity index (χ4n) is 1.90. The van der Waals surface area contributed by atoms with E-state index in [2.05, 4.69) is 10.6 Å². The highest BCUT2D eigenvalue weighted by atomic mass is 16.5. The van der Waals surface area contributed by atoms with Crippen LogP contribution >= 0.6 is 0 Å². The average molecular weight is 298 g/mol. The summed E-state index contributed by atoms with van der Waals surface area (Å²) in [7, 11) is 1.55. The van der Waals surface area contributed by atoms with E-state index in [4.69, 9.17) is 4.74 Å². The number of amides is 2. The number of methoxy groups -OCH3 is 1. The highest BCUT2D eigenvalue weighted by molar-refractivity contribution is 6.05. The van der Waals surface area contributed by atoms with Crippen molar-refractivity contribution < 1.29 is 14.3 Å². The van der Waals surface area contributed by atoms with Crippen LogP contribution in [0.5, 0.6) is 5.75 Å². The number of para-hydroxylation sites is 2. The van der Waals surface area contributed by atoms with Gasteiger partial charge >= 0.3 is 0 Å². The van der Waals surface area contributed by atoms with E-state index in [1.54, 1.807) is 50.4 Å². The lowest BCUT2D eigenvalue weighted by molar-refractivity contribution is -0.115. The summed E-state index contributed by atoms with van der Waals surface area (Å²) in [6.45, 7) is 1.78. The van der Waals surface area contributed by atoms with Crippen molar-refractivity contribution in [2.24, 2.45) is 0 Å². The monoisotopic (exact) mass is 298 g/mol. The maximum Gasteiger partial charge on any atom is 0.255 e. The molecule has 0 radical (unpaired) electrons. The normalized spacial score (nSPS) is 9.91. The molecule has 5 heteroatoms. The summed E-state index contributed by atoms with van der Waals surface area (Å²) in [6, 6.07) is 13.9. The lowest BCUT2D eigenvalue weighted by atomic mass is 10.2. The van der Waals surface area contributed by atoms with E-state index in [1.165, 1.54) is 0 Å². The van der Waals surface area contributed by atoms with E-state index < -0.39 is 0 Å². The first kappa shape index (κ1) is 15.6. The number of hydrogen-bond acceptors (Lipinski definition) is 3. The van der Waals surface area contributed by atoms with Crippen LogP contribution in [-0.2, 0) is 4.79 Å². The molecule has 0 aliphatic carbocycles. The molecule has 5 nitrogen and oxygen atoms in total. The second-order valence-corrected chi connectivity index (χ2v) is 4.63. The summed E-state index contributed by atoms with van der Waals surface area (Å²) in [4.78, 5) is 23.5. The maximum absolute atomic E-state index is 12.2. The number of carbonyl (C=O) groups excluding carboxylic acids is 2. The molecule has 2 N–H and O–H groups in total. The molecule has 2 aromatic carbocycles. The van der Waals surface area contributed by atoms with Gasteiger partial charge < -0.3 is 15.4 Å². The smallest absolute Gasteiger partial charge is 0.255 e. The van der Waals surface area contributed by atoms with Crippen molar-refractivity contribution in [3.63, 3.8) is 0 Å². The van der Waals surface area contributed by atoms with Gasteiger partial charge in [0.25, 0.3) is 5.91 Å². The van der Waals surface area contributed by atoms with Gasteiger partial charge in [0.2, 0.25) is 5.91 Å². The first-order valence-electron chi connectivity index (χ1n) is 6.98. The fraction of sp³-hybridized carbons (Fsp3) is 0.176. The van der Waals surface area contributed by atoms with Crippen LogP contribution in [0.1, 0.15) is 23.7 Å². The van der Waals surface area contributed by atoms with Crippen molar-refractivity contribution in [3.8, 4) is 5.75 Å². The SMILES string of the molecule is CCC(=O)Nc1ccc(C(=O)Nc2ccccc2OC)cc1. The van der Waals surface area contributed by atoms with Gasteiger partial charge in [-0.3, -0.25) is 9.59 Å². The number of carbonyl (C=O) groups is 2. The van der Waals surface area contributed by atoms with Crippen molar-refractivity contribution in [2.75, 3.05) is 17.7 Å². The Balaban J connectivity index is 2.08. The first-order chi connectivity index (χ1) is 10.6. The number of hydrogen-bond donors (Lipinski definition) is 2. The molecule has 114 valence electrons. The minimum atomic E-state index is -0.238. The van der Waals surface area contributed by atoms with Crippen molar-refractivity contribution >= 4 is 23.2 Å². The van der Waals surface area contributed by atoms with Gasteiger partial charge in [0, 0.05) is 17.7 Å². The third kappa shape index (κ3) is 3.85. The maximum atomic E-state index is 12.2. The Morgan fingerprint density at radius 3 is 2.32 bits per heavy atom. The Morgan fingerprint density at radius 1 is 1.00 bits per heavy atom. The molecule has 0 unspecified atom stereocenters. The zero-order valence-corrected chi connectivity index (χ0v) is 12.6. The van der Waals surface area contributed by atoms with Gasteiger partial charge in [-0.2, -0.15) is 0 Å². The van der Waals surface area contributed by atoms with Gasteiger partial charge in [0.05, 0.1) is 12.8 Å². The summed E-state index contributed by atoms with van der Waals surface area (Å²) in [5.41, 5.74) is 1.78. The average Bonchev–Trinajstić information content (AvgIpc) is 2.55. The Labute approximate surface area is 129 Å². The predicted octanol–water partition coefficient (Wildman–Crippen LogP) is 3.30. The van der Waals surface area contributed by atoms with Crippen molar-refractivity contribution in [2.45, 2.75) is 13.3 Å².